The van der Waals surface area contributed by atoms with E-state index in [2.05, 4.69) is 13.8 Å². The third kappa shape index (κ3) is 5.00. The summed E-state index contributed by atoms with van der Waals surface area (Å²) in [6.45, 7) is 4.97. The van der Waals surface area contributed by atoms with Crippen LogP contribution in [-0.4, -0.2) is 17.8 Å². The molecule has 18 heavy (non-hydrogen) atoms. The first-order valence-electron chi connectivity index (χ1n) is 6.69. The van der Waals surface area contributed by atoms with E-state index in [4.69, 9.17) is 5.73 Å². The van der Waals surface area contributed by atoms with Gasteiger partial charge in [-0.3, -0.25) is 0 Å². The molecular formula is C13H24F3NS. The lowest BCUT2D eigenvalue weighted by Crippen LogP contribution is -2.36. The van der Waals surface area contributed by atoms with E-state index < -0.39 is 5.51 Å². The molecule has 0 bridgehead atoms. The van der Waals surface area contributed by atoms with Gasteiger partial charge in [0.15, 0.2) is 0 Å². The first-order chi connectivity index (χ1) is 8.28. The molecule has 0 aliphatic heterocycles. The molecule has 1 aliphatic rings. The molecule has 1 rings (SSSR count). The lowest BCUT2D eigenvalue weighted by atomic mass is 9.67. The molecule has 0 heterocycles. The Morgan fingerprint density at radius 3 is 2.22 bits per heavy atom. The molecule has 0 unspecified atom stereocenters. The van der Waals surface area contributed by atoms with Crippen molar-refractivity contribution in [2.75, 3.05) is 12.3 Å². The van der Waals surface area contributed by atoms with E-state index in [9.17, 15) is 13.2 Å². The summed E-state index contributed by atoms with van der Waals surface area (Å²) in [6.07, 6.45) is 4.81. The summed E-state index contributed by atoms with van der Waals surface area (Å²) in [5.74, 6) is 1.54. The Labute approximate surface area is 112 Å². The molecule has 108 valence electrons. The highest BCUT2D eigenvalue weighted by atomic mass is 32.2. The van der Waals surface area contributed by atoms with Gasteiger partial charge in [0, 0.05) is 5.75 Å². The van der Waals surface area contributed by atoms with Crippen molar-refractivity contribution in [2.45, 2.75) is 51.5 Å². The van der Waals surface area contributed by atoms with Crippen LogP contribution in [0, 0.1) is 17.3 Å². The Morgan fingerprint density at radius 1 is 1.28 bits per heavy atom. The monoisotopic (exact) mass is 283 g/mol. The van der Waals surface area contributed by atoms with Gasteiger partial charge in [0.2, 0.25) is 0 Å². The Bertz CT molecular complexity index is 245. The van der Waals surface area contributed by atoms with E-state index >= 15 is 0 Å². The second-order valence-corrected chi connectivity index (χ2v) is 6.99. The van der Waals surface area contributed by atoms with Crippen molar-refractivity contribution in [3.8, 4) is 0 Å². The van der Waals surface area contributed by atoms with Gasteiger partial charge in [0.05, 0.1) is 0 Å². The molecule has 1 fully saturated rings. The van der Waals surface area contributed by atoms with E-state index in [1.807, 2.05) is 0 Å². The van der Waals surface area contributed by atoms with Crippen LogP contribution in [0.4, 0.5) is 13.2 Å². The molecule has 1 nitrogen and oxygen atoms in total. The number of rotatable bonds is 5. The van der Waals surface area contributed by atoms with Crippen LogP contribution in [0.15, 0.2) is 0 Å². The van der Waals surface area contributed by atoms with E-state index in [0.717, 1.165) is 31.6 Å². The normalized spacial score (nSPS) is 29.8. The maximum atomic E-state index is 12.1. The van der Waals surface area contributed by atoms with E-state index in [1.165, 1.54) is 0 Å². The highest BCUT2D eigenvalue weighted by Crippen LogP contribution is 2.44. The van der Waals surface area contributed by atoms with Gasteiger partial charge in [-0.1, -0.05) is 25.6 Å². The van der Waals surface area contributed by atoms with Gasteiger partial charge in [0.25, 0.3) is 0 Å². The molecule has 0 aromatic carbocycles. The zero-order chi connectivity index (χ0) is 13.8. The predicted octanol–water partition coefficient (Wildman–Crippen LogP) is 4.42. The SMILES string of the molecule is CC(C)C1CCC(CN)(CCSC(F)(F)F)CC1. The van der Waals surface area contributed by atoms with Gasteiger partial charge in [-0.25, -0.2) is 0 Å². The Kier molecular flexibility index (Phi) is 5.84. The van der Waals surface area contributed by atoms with Crippen molar-refractivity contribution in [3.63, 3.8) is 0 Å². The molecule has 2 N–H and O–H groups in total. The van der Waals surface area contributed by atoms with Crippen molar-refractivity contribution in [2.24, 2.45) is 23.0 Å². The smallest absolute Gasteiger partial charge is 0.330 e. The predicted molar refractivity (Wildman–Crippen MR) is 71.4 cm³/mol. The topological polar surface area (TPSA) is 26.0 Å². The number of hydrogen-bond acceptors (Lipinski definition) is 2. The van der Waals surface area contributed by atoms with Gasteiger partial charge >= 0.3 is 5.51 Å². The average Bonchev–Trinajstić information content (AvgIpc) is 2.28. The quantitative estimate of drug-likeness (QED) is 0.808. The number of hydrogen-bond donors (Lipinski definition) is 1. The minimum absolute atomic E-state index is 0.0381. The molecule has 0 radical (unpaired) electrons. The van der Waals surface area contributed by atoms with Crippen molar-refractivity contribution >= 4 is 11.8 Å². The number of alkyl halides is 3. The van der Waals surface area contributed by atoms with E-state index in [1.54, 1.807) is 0 Å². The molecule has 1 aliphatic carbocycles. The van der Waals surface area contributed by atoms with E-state index in [-0.39, 0.29) is 22.9 Å². The fourth-order valence-electron chi connectivity index (χ4n) is 2.86. The van der Waals surface area contributed by atoms with Crippen LogP contribution in [0.5, 0.6) is 0 Å². The highest BCUT2D eigenvalue weighted by Gasteiger charge is 2.36. The van der Waals surface area contributed by atoms with Crippen molar-refractivity contribution < 1.29 is 13.2 Å². The summed E-state index contributed by atoms with van der Waals surface area (Å²) in [6, 6.07) is 0. The maximum absolute atomic E-state index is 12.1. The van der Waals surface area contributed by atoms with Crippen molar-refractivity contribution in [3.05, 3.63) is 0 Å². The summed E-state index contributed by atoms with van der Waals surface area (Å²) in [7, 11) is 0. The van der Waals surface area contributed by atoms with Crippen molar-refractivity contribution in [1.29, 1.82) is 0 Å². The molecule has 1 saturated carbocycles. The van der Waals surface area contributed by atoms with Crippen LogP contribution >= 0.6 is 11.8 Å². The molecule has 0 spiro atoms. The van der Waals surface area contributed by atoms with Gasteiger partial charge in [-0.15, -0.1) is 0 Å². The zero-order valence-corrected chi connectivity index (χ0v) is 12.0. The molecular weight excluding hydrogens is 259 g/mol. The second kappa shape index (κ2) is 6.51. The Hall–Kier alpha value is 0.100. The highest BCUT2D eigenvalue weighted by molar-refractivity contribution is 8.00. The fourth-order valence-corrected chi connectivity index (χ4v) is 3.63. The second-order valence-electron chi connectivity index (χ2n) is 5.83. The van der Waals surface area contributed by atoms with Gasteiger partial charge in [0.1, 0.15) is 0 Å². The molecule has 0 atom stereocenters. The summed E-state index contributed by atoms with van der Waals surface area (Å²) < 4.78 is 36.4. The maximum Gasteiger partial charge on any atom is 0.441 e. The van der Waals surface area contributed by atoms with Crippen molar-refractivity contribution in [1.82, 2.24) is 0 Å². The van der Waals surface area contributed by atoms with Crippen LogP contribution in [-0.2, 0) is 0 Å². The largest absolute Gasteiger partial charge is 0.441 e. The average molecular weight is 283 g/mol. The zero-order valence-electron chi connectivity index (χ0n) is 11.2. The first-order valence-corrected chi connectivity index (χ1v) is 7.67. The molecule has 0 aromatic rings. The molecule has 0 amide bonds. The molecule has 0 aromatic heterocycles. The number of thioether (sulfide) groups is 1. The standard InChI is InChI=1S/C13H24F3NS/c1-10(2)11-3-5-12(9-17,6-4-11)7-8-18-13(14,15)16/h10-11H,3-9,17H2,1-2H3. The summed E-state index contributed by atoms with van der Waals surface area (Å²) in [5.41, 5.74) is 1.67. The summed E-state index contributed by atoms with van der Waals surface area (Å²) >= 11 is 0.0927. The van der Waals surface area contributed by atoms with Gasteiger partial charge < -0.3 is 5.73 Å². The molecule has 0 saturated heterocycles. The van der Waals surface area contributed by atoms with Crippen LogP contribution in [0.2, 0.25) is 0 Å². The minimum Gasteiger partial charge on any atom is -0.330 e. The van der Waals surface area contributed by atoms with Crippen LogP contribution in [0.25, 0.3) is 0 Å². The fraction of sp³-hybridized carbons (Fsp3) is 1.00. The lowest BCUT2D eigenvalue weighted by molar-refractivity contribution is -0.0330. The number of halogens is 3. The lowest BCUT2D eigenvalue weighted by Gasteiger charge is -2.40. The Balaban J connectivity index is 2.41. The molecule has 5 heteroatoms. The number of nitrogens with two attached hydrogens (primary N) is 1. The van der Waals surface area contributed by atoms with Crippen LogP contribution in [0.1, 0.15) is 46.0 Å². The van der Waals surface area contributed by atoms with Crippen LogP contribution in [0.3, 0.4) is 0 Å². The first kappa shape index (κ1) is 16.2. The minimum atomic E-state index is -4.11. The summed E-state index contributed by atoms with van der Waals surface area (Å²) in [4.78, 5) is 0. The summed E-state index contributed by atoms with van der Waals surface area (Å²) in [5, 5.41) is 0. The third-order valence-corrected chi connectivity index (χ3v) is 5.10. The third-order valence-electron chi connectivity index (χ3n) is 4.36. The van der Waals surface area contributed by atoms with Gasteiger partial charge in [-0.05, 0) is 55.9 Å². The van der Waals surface area contributed by atoms with Gasteiger partial charge in [-0.2, -0.15) is 13.2 Å². The van der Waals surface area contributed by atoms with E-state index in [0.29, 0.717) is 18.9 Å². The van der Waals surface area contributed by atoms with Crippen LogP contribution < -0.4 is 5.73 Å². The Morgan fingerprint density at radius 2 is 1.83 bits per heavy atom.